The maximum Gasteiger partial charge on any atom is 0.318 e. The Morgan fingerprint density at radius 3 is 2.74 bits per heavy atom. The summed E-state index contributed by atoms with van der Waals surface area (Å²) in [5.41, 5.74) is -0.313. The normalized spacial score (nSPS) is 12.9. The van der Waals surface area contributed by atoms with E-state index in [1.165, 1.54) is 16.8 Å². The number of pyridine rings is 1. The molecule has 0 fully saturated rings. The average molecular weight is 499 g/mol. The van der Waals surface area contributed by atoms with Crippen molar-refractivity contribution in [2.45, 2.75) is 32.2 Å². The van der Waals surface area contributed by atoms with Crippen molar-refractivity contribution in [1.29, 1.82) is 0 Å². The van der Waals surface area contributed by atoms with Crippen molar-refractivity contribution in [3.63, 3.8) is 0 Å². The molecule has 0 bridgehead atoms. The van der Waals surface area contributed by atoms with E-state index in [4.69, 9.17) is 16.3 Å². The van der Waals surface area contributed by atoms with Crippen LogP contribution in [0.25, 0.3) is 22.6 Å². The molecule has 8 nitrogen and oxygen atoms in total. The SMILES string of the molecule is C=CCC(C)(C(=O)OCC)c1nnc(-c2nn(Cc3ccccc3F)c3ncc(F)cc23)nc1Cl. The maximum atomic E-state index is 14.2. The smallest absolute Gasteiger partial charge is 0.318 e. The molecule has 0 N–H and O–H groups in total. The van der Waals surface area contributed by atoms with Crippen LogP contribution in [0.1, 0.15) is 31.5 Å². The van der Waals surface area contributed by atoms with E-state index in [1.807, 2.05) is 0 Å². The monoisotopic (exact) mass is 498 g/mol. The Morgan fingerprint density at radius 2 is 2.06 bits per heavy atom. The second-order valence-corrected chi connectivity index (χ2v) is 8.30. The highest BCUT2D eigenvalue weighted by molar-refractivity contribution is 6.30. The van der Waals surface area contributed by atoms with Gasteiger partial charge in [0, 0.05) is 5.56 Å². The minimum Gasteiger partial charge on any atom is -0.465 e. The van der Waals surface area contributed by atoms with Gasteiger partial charge in [-0.05, 0) is 32.4 Å². The molecule has 180 valence electrons. The number of esters is 1. The molecule has 0 saturated heterocycles. The minimum absolute atomic E-state index is 0.00625. The van der Waals surface area contributed by atoms with Crippen LogP contribution in [-0.2, 0) is 21.5 Å². The molecule has 0 saturated carbocycles. The molecular formula is C24H21ClF2N6O2. The van der Waals surface area contributed by atoms with E-state index in [2.05, 4.69) is 31.8 Å². The lowest BCUT2D eigenvalue weighted by Gasteiger charge is -2.25. The number of nitrogens with zero attached hydrogens (tertiary/aromatic N) is 6. The number of rotatable bonds is 8. The lowest BCUT2D eigenvalue weighted by molar-refractivity contribution is -0.149. The van der Waals surface area contributed by atoms with E-state index < -0.39 is 23.0 Å². The molecule has 4 rings (SSSR count). The number of hydrogen-bond acceptors (Lipinski definition) is 7. The van der Waals surface area contributed by atoms with Gasteiger partial charge in [-0.1, -0.05) is 35.9 Å². The Bertz CT molecular complexity index is 1430. The van der Waals surface area contributed by atoms with Crippen LogP contribution in [0, 0.1) is 11.6 Å². The number of aromatic nitrogens is 6. The largest absolute Gasteiger partial charge is 0.465 e. The van der Waals surface area contributed by atoms with Crippen LogP contribution >= 0.6 is 11.6 Å². The molecule has 0 aliphatic heterocycles. The van der Waals surface area contributed by atoms with Crippen molar-refractivity contribution in [1.82, 2.24) is 29.9 Å². The zero-order chi connectivity index (χ0) is 25.2. The summed E-state index contributed by atoms with van der Waals surface area (Å²) in [7, 11) is 0. The van der Waals surface area contributed by atoms with E-state index in [0.717, 1.165) is 6.20 Å². The summed E-state index contributed by atoms with van der Waals surface area (Å²) in [6.45, 7) is 7.21. The van der Waals surface area contributed by atoms with E-state index in [-0.39, 0.29) is 41.9 Å². The summed E-state index contributed by atoms with van der Waals surface area (Å²) < 4.78 is 34.9. The Balaban J connectivity index is 1.81. The van der Waals surface area contributed by atoms with Crippen molar-refractivity contribution < 1.29 is 18.3 Å². The lowest BCUT2D eigenvalue weighted by atomic mass is 9.83. The molecule has 11 heteroatoms. The number of benzene rings is 1. The van der Waals surface area contributed by atoms with Gasteiger partial charge >= 0.3 is 5.97 Å². The van der Waals surface area contributed by atoms with Crippen LogP contribution in [0.4, 0.5) is 8.78 Å². The second-order valence-electron chi connectivity index (χ2n) is 7.94. The molecule has 3 heterocycles. The zero-order valence-electron chi connectivity index (χ0n) is 19.0. The fourth-order valence-electron chi connectivity index (χ4n) is 3.70. The molecule has 0 spiro atoms. The molecule has 1 atom stereocenters. The van der Waals surface area contributed by atoms with Gasteiger partial charge in [0.1, 0.15) is 28.4 Å². The summed E-state index contributed by atoms with van der Waals surface area (Å²) in [5.74, 6) is -1.56. The van der Waals surface area contributed by atoms with Gasteiger partial charge in [-0.15, -0.1) is 16.8 Å². The summed E-state index contributed by atoms with van der Waals surface area (Å²) in [6.07, 6.45) is 2.78. The third kappa shape index (κ3) is 4.61. The van der Waals surface area contributed by atoms with Gasteiger partial charge in [0.05, 0.1) is 24.7 Å². The van der Waals surface area contributed by atoms with Gasteiger partial charge in [-0.2, -0.15) is 5.10 Å². The molecule has 1 aromatic carbocycles. The van der Waals surface area contributed by atoms with Crippen molar-refractivity contribution in [2.75, 3.05) is 6.61 Å². The van der Waals surface area contributed by atoms with Crippen molar-refractivity contribution in [3.8, 4) is 11.5 Å². The van der Waals surface area contributed by atoms with Gasteiger partial charge in [0.15, 0.2) is 10.8 Å². The first-order valence-corrected chi connectivity index (χ1v) is 11.1. The number of carbonyl (C=O) groups excluding carboxylic acids is 1. The maximum absolute atomic E-state index is 14.2. The third-order valence-corrected chi connectivity index (χ3v) is 5.75. The molecule has 1 unspecified atom stereocenters. The molecule has 0 aliphatic rings. The first kappa shape index (κ1) is 24.3. The molecule has 3 aromatic heterocycles. The van der Waals surface area contributed by atoms with Crippen LogP contribution in [0.5, 0.6) is 0 Å². The average Bonchev–Trinajstić information content (AvgIpc) is 3.18. The van der Waals surface area contributed by atoms with Gasteiger partial charge in [0.25, 0.3) is 0 Å². The molecule has 4 aromatic rings. The number of halogens is 3. The summed E-state index contributed by atoms with van der Waals surface area (Å²) in [4.78, 5) is 21.1. The molecule has 0 amide bonds. The van der Waals surface area contributed by atoms with Crippen LogP contribution in [0.2, 0.25) is 5.15 Å². The van der Waals surface area contributed by atoms with Crippen LogP contribution in [0.3, 0.4) is 0 Å². The Kier molecular flexibility index (Phi) is 6.83. The quantitative estimate of drug-likeness (QED) is 0.257. The predicted octanol–water partition coefficient (Wildman–Crippen LogP) is 4.66. The van der Waals surface area contributed by atoms with E-state index in [9.17, 15) is 13.6 Å². The first-order chi connectivity index (χ1) is 16.8. The van der Waals surface area contributed by atoms with Gasteiger partial charge in [-0.25, -0.2) is 23.4 Å². The number of allylic oxidation sites excluding steroid dienone is 1. The molecule has 0 aliphatic carbocycles. The van der Waals surface area contributed by atoms with E-state index in [0.29, 0.717) is 16.6 Å². The summed E-state index contributed by atoms with van der Waals surface area (Å²) in [6, 6.07) is 7.47. The number of ether oxygens (including phenoxy) is 1. The second kappa shape index (κ2) is 9.83. The van der Waals surface area contributed by atoms with Gasteiger partial charge in [-0.3, -0.25) is 4.79 Å². The Morgan fingerprint density at radius 1 is 1.29 bits per heavy atom. The van der Waals surface area contributed by atoms with Gasteiger partial charge in [0.2, 0.25) is 5.82 Å². The highest BCUT2D eigenvalue weighted by Crippen LogP contribution is 2.34. The highest BCUT2D eigenvalue weighted by Gasteiger charge is 2.40. The zero-order valence-corrected chi connectivity index (χ0v) is 19.8. The first-order valence-electron chi connectivity index (χ1n) is 10.7. The molecule has 0 radical (unpaired) electrons. The van der Waals surface area contributed by atoms with Crippen LogP contribution in [-0.4, -0.2) is 42.5 Å². The molecule has 35 heavy (non-hydrogen) atoms. The number of fused-ring (bicyclic) bond motifs is 1. The Hall–Kier alpha value is -3.79. The Labute approximate surface area is 204 Å². The third-order valence-electron chi connectivity index (χ3n) is 5.49. The van der Waals surface area contributed by atoms with Crippen molar-refractivity contribution in [3.05, 3.63) is 77.2 Å². The highest BCUT2D eigenvalue weighted by atomic mass is 35.5. The topological polar surface area (TPSA) is 95.7 Å². The van der Waals surface area contributed by atoms with Gasteiger partial charge < -0.3 is 4.74 Å². The minimum atomic E-state index is -1.26. The van der Waals surface area contributed by atoms with E-state index >= 15 is 0 Å². The van der Waals surface area contributed by atoms with Crippen LogP contribution in [0.15, 0.2) is 49.2 Å². The van der Waals surface area contributed by atoms with Crippen molar-refractivity contribution in [2.24, 2.45) is 0 Å². The standard InChI is InChI=1S/C24H21ClF2N6O2/c1-4-10-24(3,23(34)35-5-2)19-20(25)29-21(31-30-19)18-16-11-15(26)12-28-22(16)33(32-18)13-14-8-6-7-9-17(14)27/h4,6-9,11-12H,1,5,10,13H2,2-3H3. The number of hydrogen-bond donors (Lipinski definition) is 0. The molecular weight excluding hydrogens is 478 g/mol. The number of carbonyl (C=O) groups is 1. The summed E-state index contributed by atoms with van der Waals surface area (Å²) >= 11 is 6.45. The van der Waals surface area contributed by atoms with Crippen molar-refractivity contribution >= 4 is 28.6 Å². The van der Waals surface area contributed by atoms with E-state index in [1.54, 1.807) is 38.1 Å². The summed E-state index contributed by atoms with van der Waals surface area (Å²) in [5, 5.41) is 13.0. The predicted molar refractivity (Wildman–Crippen MR) is 126 cm³/mol. The lowest BCUT2D eigenvalue weighted by Crippen LogP contribution is -2.36. The van der Waals surface area contributed by atoms with Crippen LogP contribution < -0.4 is 0 Å². The fourth-order valence-corrected chi connectivity index (χ4v) is 4.02. The fraction of sp³-hybridized carbons (Fsp3) is 0.250.